The Bertz CT molecular complexity index is 988. The molecule has 0 bridgehead atoms. The fourth-order valence-corrected chi connectivity index (χ4v) is 3.02. The van der Waals surface area contributed by atoms with Gasteiger partial charge >= 0.3 is 0 Å². The fourth-order valence-electron chi connectivity index (χ4n) is 3.02. The van der Waals surface area contributed by atoms with Crippen LogP contribution in [0.2, 0.25) is 0 Å². The maximum atomic E-state index is 13.0. The molecule has 1 amide bonds. The normalized spacial score (nSPS) is 11.8. The van der Waals surface area contributed by atoms with Gasteiger partial charge in [0.2, 0.25) is 0 Å². The number of carbonyl (C=O) groups excluding carboxylic acids is 1. The molecule has 2 aromatic carbocycles. The Hall–Kier alpha value is -3.53. The van der Waals surface area contributed by atoms with Crippen LogP contribution in [0.15, 0.2) is 91.3 Å². The number of para-hydroxylation sites is 1. The van der Waals surface area contributed by atoms with Crippen LogP contribution >= 0.6 is 0 Å². The second-order valence-corrected chi connectivity index (χ2v) is 5.95. The van der Waals surface area contributed by atoms with Crippen molar-refractivity contribution in [3.05, 3.63) is 108 Å². The molecule has 4 rings (SSSR count). The molecule has 126 valence electrons. The third-order valence-electron chi connectivity index (χ3n) is 4.29. The standard InChI is InChI=1S/C22H17N3O/c26-22(18-13-15-24-19-11-5-4-10-17(18)19)25-21(16-8-2-1-3-9-16)20-12-6-7-14-23-20/h1-15,21H,(H,25,26). The Balaban J connectivity index is 1.73. The molecule has 0 radical (unpaired) electrons. The average Bonchev–Trinajstić information content (AvgIpc) is 2.72. The van der Waals surface area contributed by atoms with Gasteiger partial charge in [-0.3, -0.25) is 14.8 Å². The van der Waals surface area contributed by atoms with Crippen molar-refractivity contribution in [1.82, 2.24) is 15.3 Å². The molecular formula is C22H17N3O. The summed E-state index contributed by atoms with van der Waals surface area (Å²) >= 11 is 0. The molecule has 2 heterocycles. The van der Waals surface area contributed by atoms with Crippen LogP contribution in [0.4, 0.5) is 0 Å². The van der Waals surface area contributed by atoms with E-state index in [1.165, 1.54) is 0 Å². The molecule has 0 aliphatic rings. The summed E-state index contributed by atoms with van der Waals surface area (Å²) in [6, 6.07) is 24.6. The average molecular weight is 339 g/mol. The first-order valence-electron chi connectivity index (χ1n) is 8.43. The lowest BCUT2D eigenvalue weighted by Crippen LogP contribution is -2.30. The summed E-state index contributed by atoms with van der Waals surface area (Å²) in [6.45, 7) is 0. The van der Waals surface area contributed by atoms with Crippen LogP contribution < -0.4 is 5.32 Å². The first-order chi connectivity index (χ1) is 12.8. The Morgan fingerprint density at radius 3 is 2.35 bits per heavy atom. The lowest BCUT2D eigenvalue weighted by molar-refractivity contribution is 0.0944. The van der Waals surface area contributed by atoms with E-state index >= 15 is 0 Å². The number of pyridine rings is 2. The van der Waals surface area contributed by atoms with Gasteiger partial charge in [0.15, 0.2) is 0 Å². The van der Waals surface area contributed by atoms with Gasteiger partial charge in [0, 0.05) is 17.8 Å². The van der Waals surface area contributed by atoms with E-state index in [9.17, 15) is 4.79 Å². The van der Waals surface area contributed by atoms with E-state index in [-0.39, 0.29) is 11.9 Å². The summed E-state index contributed by atoms with van der Waals surface area (Å²) in [4.78, 5) is 21.8. The first-order valence-corrected chi connectivity index (χ1v) is 8.43. The Labute approximate surface area is 151 Å². The largest absolute Gasteiger partial charge is 0.340 e. The number of nitrogens with one attached hydrogen (secondary N) is 1. The molecule has 0 fully saturated rings. The molecule has 0 aliphatic heterocycles. The van der Waals surface area contributed by atoms with Crippen molar-refractivity contribution in [3.8, 4) is 0 Å². The minimum atomic E-state index is -0.322. The van der Waals surface area contributed by atoms with Crippen molar-refractivity contribution in [2.75, 3.05) is 0 Å². The zero-order valence-electron chi connectivity index (χ0n) is 14.0. The lowest BCUT2D eigenvalue weighted by atomic mass is 10.0. The number of hydrogen-bond acceptors (Lipinski definition) is 3. The van der Waals surface area contributed by atoms with Crippen LogP contribution in [0.1, 0.15) is 27.7 Å². The highest BCUT2D eigenvalue weighted by atomic mass is 16.1. The van der Waals surface area contributed by atoms with Crippen molar-refractivity contribution in [2.45, 2.75) is 6.04 Å². The quantitative estimate of drug-likeness (QED) is 0.608. The Morgan fingerprint density at radius 2 is 1.54 bits per heavy atom. The monoisotopic (exact) mass is 339 g/mol. The number of fused-ring (bicyclic) bond motifs is 1. The highest BCUT2D eigenvalue weighted by molar-refractivity contribution is 6.06. The number of aromatic nitrogens is 2. The molecule has 26 heavy (non-hydrogen) atoms. The van der Waals surface area contributed by atoms with Gasteiger partial charge in [0.1, 0.15) is 0 Å². The van der Waals surface area contributed by atoms with Gasteiger partial charge in [-0.25, -0.2) is 0 Å². The number of amides is 1. The van der Waals surface area contributed by atoms with Gasteiger partial charge in [-0.05, 0) is 29.8 Å². The number of nitrogens with zero attached hydrogens (tertiary/aromatic N) is 2. The van der Waals surface area contributed by atoms with E-state index in [0.717, 1.165) is 22.2 Å². The molecular weight excluding hydrogens is 322 g/mol. The maximum Gasteiger partial charge on any atom is 0.252 e. The van der Waals surface area contributed by atoms with Gasteiger partial charge in [-0.1, -0.05) is 54.6 Å². The molecule has 1 atom stereocenters. The minimum absolute atomic E-state index is 0.150. The molecule has 4 aromatic rings. The van der Waals surface area contributed by atoms with Crippen LogP contribution in [0.3, 0.4) is 0 Å². The van der Waals surface area contributed by atoms with Gasteiger partial charge in [-0.2, -0.15) is 0 Å². The molecule has 0 aliphatic carbocycles. The van der Waals surface area contributed by atoms with Crippen molar-refractivity contribution in [3.63, 3.8) is 0 Å². The predicted octanol–water partition coefficient (Wildman–Crippen LogP) is 4.15. The summed E-state index contributed by atoms with van der Waals surface area (Å²) in [6.07, 6.45) is 3.40. The minimum Gasteiger partial charge on any atom is -0.340 e. The van der Waals surface area contributed by atoms with Gasteiger partial charge in [0.05, 0.1) is 22.8 Å². The van der Waals surface area contributed by atoms with E-state index in [1.807, 2.05) is 72.8 Å². The van der Waals surface area contributed by atoms with Crippen LogP contribution in [-0.2, 0) is 0 Å². The van der Waals surface area contributed by atoms with Gasteiger partial charge in [0.25, 0.3) is 5.91 Å². The number of benzene rings is 2. The SMILES string of the molecule is O=C(NC(c1ccccc1)c1ccccn1)c1ccnc2ccccc12. The molecule has 0 saturated carbocycles. The van der Waals surface area contributed by atoms with Crippen molar-refractivity contribution < 1.29 is 4.79 Å². The van der Waals surface area contributed by atoms with Crippen molar-refractivity contribution in [2.24, 2.45) is 0 Å². The molecule has 4 heteroatoms. The van der Waals surface area contributed by atoms with Crippen LogP contribution in [-0.4, -0.2) is 15.9 Å². The molecule has 4 nitrogen and oxygen atoms in total. The third-order valence-corrected chi connectivity index (χ3v) is 4.29. The summed E-state index contributed by atoms with van der Waals surface area (Å²) < 4.78 is 0. The predicted molar refractivity (Wildman–Crippen MR) is 102 cm³/mol. The fraction of sp³-hybridized carbons (Fsp3) is 0.0455. The highest BCUT2D eigenvalue weighted by Gasteiger charge is 2.20. The van der Waals surface area contributed by atoms with Crippen molar-refractivity contribution in [1.29, 1.82) is 0 Å². The van der Waals surface area contributed by atoms with E-state index in [1.54, 1.807) is 18.5 Å². The Morgan fingerprint density at radius 1 is 0.769 bits per heavy atom. The van der Waals surface area contributed by atoms with Crippen LogP contribution in [0.5, 0.6) is 0 Å². The second-order valence-electron chi connectivity index (χ2n) is 5.95. The van der Waals surface area contributed by atoms with E-state index in [2.05, 4.69) is 15.3 Å². The number of carbonyl (C=O) groups is 1. The molecule has 0 spiro atoms. The first kappa shape index (κ1) is 16.0. The number of hydrogen-bond donors (Lipinski definition) is 1. The topological polar surface area (TPSA) is 54.9 Å². The van der Waals surface area contributed by atoms with Crippen molar-refractivity contribution >= 4 is 16.8 Å². The molecule has 0 saturated heterocycles. The Kier molecular flexibility index (Phi) is 4.39. The zero-order valence-corrected chi connectivity index (χ0v) is 14.0. The summed E-state index contributed by atoms with van der Waals surface area (Å²) in [5.41, 5.74) is 3.19. The summed E-state index contributed by atoms with van der Waals surface area (Å²) in [7, 11) is 0. The molecule has 2 aromatic heterocycles. The molecule has 1 N–H and O–H groups in total. The number of rotatable bonds is 4. The van der Waals surface area contributed by atoms with Gasteiger partial charge < -0.3 is 5.32 Å². The van der Waals surface area contributed by atoms with Gasteiger partial charge in [-0.15, -0.1) is 0 Å². The van der Waals surface area contributed by atoms with E-state index in [4.69, 9.17) is 0 Å². The molecule has 1 unspecified atom stereocenters. The summed E-state index contributed by atoms with van der Waals surface area (Å²) in [5.74, 6) is -0.150. The van der Waals surface area contributed by atoms with Crippen LogP contribution in [0, 0.1) is 0 Å². The highest BCUT2D eigenvalue weighted by Crippen LogP contribution is 2.22. The summed E-state index contributed by atoms with van der Waals surface area (Å²) in [5, 5.41) is 3.96. The smallest absolute Gasteiger partial charge is 0.252 e. The lowest BCUT2D eigenvalue weighted by Gasteiger charge is -2.19. The maximum absolute atomic E-state index is 13.0. The van der Waals surface area contributed by atoms with E-state index < -0.39 is 0 Å². The van der Waals surface area contributed by atoms with E-state index in [0.29, 0.717) is 5.56 Å². The second kappa shape index (κ2) is 7.15. The van der Waals surface area contributed by atoms with Crippen LogP contribution in [0.25, 0.3) is 10.9 Å². The third kappa shape index (κ3) is 3.17. The zero-order chi connectivity index (χ0) is 17.8.